The fraction of sp³-hybridized carbons (Fsp3) is 0.500. The van der Waals surface area contributed by atoms with Crippen LogP contribution in [-0.4, -0.2) is 28.3 Å². The Morgan fingerprint density at radius 1 is 1.20 bits per heavy atom. The SMILES string of the molecule is O=[N+]([O-])c1c(N2CCCCCC2)cc(Cl)c2nonc12. The molecule has 1 saturated heterocycles. The van der Waals surface area contributed by atoms with E-state index in [0.717, 1.165) is 38.8 Å². The van der Waals surface area contributed by atoms with Gasteiger partial charge in [0.1, 0.15) is 5.69 Å². The van der Waals surface area contributed by atoms with Crippen LogP contribution in [0.15, 0.2) is 10.7 Å². The quantitative estimate of drug-likeness (QED) is 0.625. The van der Waals surface area contributed by atoms with Gasteiger partial charge in [0.2, 0.25) is 5.52 Å². The first-order chi connectivity index (χ1) is 9.68. The van der Waals surface area contributed by atoms with Crippen LogP contribution in [0.5, 0.6) is 0 Å². The third-order valence-electron chi connectivity index (χ3n) is 3.57. The molecule has 2 aromatic rings. The van der Waals surface area contributed by atoms with Crippen molar-refractivity contribution >= 4 is 34.0 Å². The number of fused-ring (bicyclic) bond motifs is 1. The van der Waals surface area contributed by atoms with E-state index in [2.05, 4.69) is 14.9 Å². The number of hydrogen-bond acceptors (Lipinski definition) is 6. The smallest absolute Gasteiger partial charge is 0.323 e. The lowest BCUT2D eigenvalue weighted by Gasteiger charge is -2.22. The Morgan fingerprint density at radius 2 is 1.85 bits per heavy atom. The number of nitrogens with zero attached hydrogens (tertiary/aromatic N) is 4. The summed E-state index contributed by atoms with van der Waals surface area (Å²) in [5.41, 5.74) is 0.774. The van der Waals surface area contributed by atoms with Crippen molar-refractivity contribution in [1.29, 1.82) is 0 Å². The molecule has 7 nitrogen and oxygen atoms in total. The van der Waals surface area contributed by atoms with Crippen LogP contribution in [-0.2, 0) is 0 Å². The minimum Gasteiger partial charge on any atom is -0.366 e. The highest BCUT2D eigenvalue weighted by Gasteiger charge is 2.28. The lowest BCUT2D eigenvalue weighted by molar-refractivity contribution is -0.382. The largest absolute Gasteiger partial charge is 0.366 e. The van der Waals surface area contributed by atoms with Gasteiger partial charge in [0.25, 0.3) is 0 Å². The molecule has 0 aliphatic carbocycles. The molecule has 0 N–H and O–H groups in total. The van der Waals surface area contributed by atoms with Crippen molar-refractivity contribution in [3.8, 4) is 0 Å². The summed E-state index contributed by atoms with van der Waals surface area (Å²) in [6, 6.07) is 1.59. The number of halogens is 1. The molecule has 1 fully saturated rings. The molecule has 0 spiro atoms. The van der Waals surface area contributed by atoms with E-state index in [1.165, 1.54) is 0 Å². The van der Waals surface area contributed by atoms with Gasteiger partial charge in [-0.1, -0.05) is 24.4 Å². The average molecular weight is 297 g/mol. The Balaban J connectivity index is 2.17. The van der Waals surface area contributed by atoms with E-state index in [4.69, 9.17) is 11.6 Å². The van der Waals surface area contributed by atoms with E-state index >= 15 is 0 Å². The summed E-state index contributed by atoms with van der Waals surface area (Å²) in [6.07, 6.45) is 4.32. The summed E-state index contributed by atoms with van der Waals surface area (Å²) >= 11 is 6.13. The molecule has 8 heteroatoms. The first-order valence-corrected chi connectivity index (χ1v) is 6.90. The lowest BCUT2D eigenvalue weighted by Crippen LogP contribution is -2.24. The van der Waals surface area contributed by atoms with E-state index in [-0.39, 0.29) is 16.7 Å². The Hall–Kier alpha value is -1.89. The van der Waals surface area contributed by atoms with Crippen molar-refractivity contribution in [2.24, 2.45) is 0 Å². The molecule has 1 aromatic carbocycles. The number of benzene rings is 1. The van der Waals surface area contributed by atoms with E-state index < -0.39 is 4.92 Å². The van der Waals surface area contributed by atoms with Crippen molar-refractivity contribution in [2.45, 2.75) is 25.7 Å². The Labute approximate surface area is 119 Å². The average Bonchev–Trinajstić information content (AvgIpc) is 2.74. The number of nitro groups is 1. The molecule has 1 aliphatic heterocycles. The minimum atomic E-state index is -0.441. The fourth-order valence-corrected chi connectivity index (χ4v) is 2.84. The van der Waals surface area contributed by atoms with Gasteiger partial charge in [-0.15, -0.1) is 0 Å². The van der Waals surface area contributed by atoms with Crippen LogP contribution in [0.1, 0.15) is 25.7 Å². The van der Waals surface area contributed by atoms with Gasteiger partial charge in [-0.05, 0) is 29.2 Å². The molecule has 0 amide bonds. The molecule has 0 atom stereocenters. The van der Waals surface area contributed by atoms with E-state index in [9.17, 15) is 10.1 Å². The summed E-state index contributed by atoms with van der Waals surface area (Å²) in [6.45, 7) is 1.57. The number of hydrogen-bond donors (Lipinski definition) is 0. The molecule has 0 unspecified atom stereocenters. The van der Waals surface area contributed by atoms with Crippen LogP contribution in [0.2, 0.25) is 5.02 Å². The molecule has 0 bridgehead atoms. The van der Waals surface area contributed by atoms with E-state index in [1.807, 2.05) is 4.90 Å². The third kappa shape index (κ3) is 2.18. The third-order valence-corrected chi connectivity index (χ3v) is 3.86. The van der Waals surface area contributed by atoms with Gasteiger partial charge < -0.3 is 4.90 Å². The zero-order chi connectivity index (χ0) is 14.1. The maximum absolute atomic E-state index is 11.4. The van der Waals surface area contributed by atoms with Crippen molar-refractivity contribution in [3.63, 3.8) is 0 Å². The van der Waals surface area contributed by atoms with Gasteiger partial charge in [0.15, 0.2) is 5.52 Å². The highest BCUT2D eigenvalue weighted by atomic mass is 35.5. The molecular formula is C12H13ClN4O3. The van der Waals surface area contributed by atoms with Gasteiger partial charge in [-0.3, -0.25) is 10.1 Å². The van der Waals surface area contributed by atoms with Crippen LogP contribution >= 0.6 is 11.6 Å². The maximum Gasteiger partial charge on any atom is 0.323 e. The van der Waals surface area contributed by atoms with Crippen molar-refractivity contribution in [1.82, 2.24) is 10.3 Å². The Kier molecular flexibility index (Phi) is 3.43. The number of anilines is 1. The van der Waals surface area contributed by atoms with Crippen molar-refractivity contribution < 1.29 is 9.55 Å². The first kappa shape index (κ1) is 13.1. The second-order valence-electron chi connectivity index (χ2n) is 4.85. The molecule has 20 heavy (non-hydrogen) atoms. The maximum atomic E-state index is 11.4. The lowest BCUT2D eigenvalue weighted by atomic mass is 10.2. The summed E-state index contributed by atoms with van der Waals surface area (Å²) < 4.78 is 4.60. The molecule has 0 radical (unpaired) electrons. The summed E-state index contributed by atoms with van der Waals surface area (Å²) in [4.78, 5) is 13.0. The van der Waals surface area contributed by atoms with Gasteiger partial charge in [-0.25, -0.2) is 4.63 Å². The van der Waals surface area contributed by atoms with Crippen LogP contribution in [0.3, 0.4) is 0 Å². The van der Waals surface area contributed by atoms with Crippen LogP contribution in [0.4, 0.5) is 11.4 Å². The topological polar surface area (TPSA) is 85.3 Å². The van der Waals surface area contributed by atoms with Gasteiger partial charge in [-0.2, -0.15) is 0 Å². The van der Waals surface area contributed by atoms with Crippen LogP contribution in [0.25, 0.3) is 11.0 Å². The first-order valence-electron chi connectivity index (χ1n) is 6.52. The molecule has 106 valence electrons. The Bertz CT molecular complexity index is 649. The molecule has 2 heterocycles. The predicted octanol–water partition coefficient (Wildman–Crippen LogP) is 3.16. The standard InChI is InChI=1S/C12H13ClN4O3/c13-8-7-9(16-5-3-1-2-4-6-16)12(17(18)19)11-10(8)14-20-15-11/h7H,1-6H2. The number of rotatable bonds is 2. The highest BCUT2D eigenvalue weighted by Crippen LogP contribution is 2.39. The monoisotopic (exact) mass is 296 g/mol. The minimum absolute atomic E-state index is 0.0763. The van der Waals surface area contributed by atoms with Gasteiger partial charge >= 0.3 is 5.69 Å². The highest BCUT2D eigenvalue weighted by molar-refractivity contribution is 6.35. The number of nitro benzene ring substituents is 1. The number of aromatic nitrogens is 2. The normalized spacial score (nSPS) is 16.4. The summed E-state index contributed by atoms with van der Waals surface area (Å²) in [5.74, 6) is 0. The fourth-order valence-electron chi connectivity index (χ4n) is 2.61. The molecule has 1 aromatic heterocycles. The van der Waals surface area contributed by atoms with Gasteiger partial charge in [0.05, 0.1) is 9.95 Å². The second kappa shape index (κ2) is 5.24. The van der Waals surface area contributed by atoms with E-state index in [0.29, 0.717) is 10.7 Å². The van der Waals surface area contributed by atoms with Crippen LogP contribution < -0.4 is 4.90 Å². The van der Waals surface area contributed by atoms with E-state index in [1.54, 1.807) is 6.07 Å². The van der Waals surface area contributed by atoms with Crippen molar-refractivity contribution in [3.05, 3.63) is 21.2 Å². The zero-order valence-corrected chi connectivity index (χ0v) is 11.5. The summed E-state index contributed by atoms with van der Waals surface area (Å²) in [5, 5.41) is 19.0. The Morgan fingerprint density at radius 3 is 2.50 bits per heavy atom. The molecule has 0 saturated carbocycles. The van der Waals surface area contributed by atoms with Crippen LogP contribution in [0, 0.1) is 10.1 Å². The predicted molar refractivity (Wildman–Crippen MR) is 74.1 cm³/mol. The zero-order valence-electron chi connectivity index (χ0n) is 10.7. The van der Waals surface area contributed by atoms with Crippen molar-refractivity contribution in [2.75, 3.05) is 18.0 Å². The van der Waals surface area contributed by atoms with Gasteiger partial charge in [0, 0.05) is 13.1 Å². The summed E-state index contributed by atoms with van der Waals surface area (Å²) in [7, 11) is 0. The molecule has 1 aliphatic rings. The molecular weight excluding hydrogens is 284 g/mol. The molecule has 3 rings (SSSR count). The second-order valence-corrected chi connectivity index (χ2v) is 5.25.